The van der Waals surface area contributed by atoms with Gasteiger partial charge in [-0.25, -0.2) is 5.32 Å². The van der Waals surface area contributed by atoms with Crippen LogP contribution in [-0.2, 0) is 0 Å². The zero-order valence-corrected chi connectivity index (χ0v) is 9.23. The first kappa shape index (κ1) is 10.5. The Kier molecular flexibility index (Phi) is 4.01. The van der Waals surface area contributed by atoms with Gasteiger partial charge in [0.2, 0.25) is 0 Å². The molecular weight excluding hydrogens is 184 g/mol. The zero-order valence-electron chi connectivity index (χ0n) is 9.23. The van der Waals surface area contributed by atoms with Crippen LogP contribution in [0.15, 0.2) is 29.4 Å². The fourth-order valence-corrected chi connectivity index (χ4v) is 2.28. The van der Waals surface area contributed by atoms with Gasteiger partial charge < -0.3 is 0 Å². The topological polar surface area (TPSA) is 26.5 Å². The predicted octanol–water partition coefficient (Wildman–Crippen LogP) is 3.04. The van der Waals surface area contributed by atoms with Crippen molar-refractivity contribution in [3.8, 4) is 0 Å². The minimum Gasteiger partial charge on any atom is -0.267 e. The van der Waals surface area contributed by atoms with Gasteiger partial charge in [0.15, 0.2) is 0 Å². The quantitative estimate of drug-likeness (QED) is 0.674. The van der Waals surface area contributed by atoms with Gasteiger partial charge in [0.05, 0.1) is 0 Å². The maximum Gasteiger partial charge on any atom is 0.147 e. The number of nitrogens with zero attached hydrogens (tertiary/aromatic N) is 2. The normalized spacial score (nSPS) is 24.4. The highest BCUT2D eigenvalue weighted by Gasteiger charge is 2.12. The van der Waals surface area contributed by atoms with Gasteiger partial charge in [-0.05, 0) is 24.5 Å². The summed E-state index contributed by atoms with van der Waals surface area (Å²) in [5.41, 5.74) is 0. The molecule has 1 radical (unpaired) electrons. The minimum atomic E-state index is 0.883. The molecule has 15 heavy (non-hydrogen) atoms. The minimum absolute atomic E-state index is 0.883. The van der Waals surface area contributed by atoms with Crippen LogP contribution < -0.4 is 5.32 Å². The molecule has 2 aliphatic rings. The molecule has 1 saturated carbocycles. The molecule has 0 aromatic heterocycles. The average molecular weight is 203 g/mol. The summed E-state index contributed by atoms with van der Waals surface area (Å²) >= 11 is 0. The molecule has 1 fully saturated rings. The summed E-state index contributed by atoms with van der Waals surface area (Å²) in [6.45, 7) is 0.946. The van der Waals surface area contributed by atoms with Crippen molar-refractivity contribution in [2.24, 2.45) is 10.9 Å². The van der Waals surface area contributed by atoms with E-state index in [-0.39, 0.29) is 0 Å². The summed E-state index contributed by atoms with van der Waals surface area (Å²) in [6.07, 6.45) is 16.1. The first-order chi connectivity index (χ1) is 7.45. The largest absolute Gasteiger partial charge is 0.267 e. The Morgan fingerprint density at radius 3 is 2.80 bits per heavy atom. The van der Waals surface area contributed by atoms with Crippen LogP contribution in [0, 0.1) is 5.92 Å². The summed E-state index contributed by atoms with van der Waals surface area (Å²) in [5.74, 6) is 1.81. The Labute approximate surface area is 92.2 Å². The maximum absolute atomic E-state index is 4.49. The second-order valence-electron chi connectivity index (χ2n) is 4.36. The third-order valence-corrected chi connectivity index (χ3v) is 3.19. The molecule has 0 amide bonds. The van der Waals surface area contributed by atoms with E-state index in [1.807, 2.05) is 18.2 Å². The van der Waals surface area contributed by atoms with Crippen molar-refractivity contribution in [2.45, 2.75) is 38.5 Å². The molecule has 0 unspecified atom stereocenters. The van der Waals surface area contributed by atoms with Crippen molar-refractivity contribution in [3.63, 3.8) is 0 Å². The smallest absolute Gasteiger partial charge is 0.147 e. The predicted molar refractivity (Wildman–Crippen MR) is 63.9 cm³/mol. The summed E-state index contributed by atoms with van der Waals surface area (Å²) < 4.78 is 0. The van der Waals surface area contributed by atoms with Crippen molar-refractivity contribution < 1.29 is 0 Å². The fourth-order valence-electron chi connectivity index (χ4n) is 2.28. The van der Waals surface area contributed by atoms with Crippen LogP contribution in [0.1, 0.15) is 38.5 Å². The molecule has 0 bridgehead atoms. The van der Waals surface area contributed by atoms with Crippen molar-refractivity contribution in [2.75, 3.05) is 6.54 Å². The summed E-state index contributed by atoms with van der Waals surface area (Å²) in [4.78, 5) is 4.49. The Balaban J connectivity index is 1.69. The molecule has 1 heterocycles. The van der Waals surface area contributed by atoms with Crippen molar-refractivity contribution >= 4 is 5.84 Å². The molecule has 0 aromatic rings. The lowest BCUT2D eigenvalue weighted by atomic mass is 9.87. The van der Waals surface area contributed by atoms with Crippen LogP contribution >= 0.6 is 0 Å². The lowest BCUT2D eigenvalue weighted by molar-refractivity contribution is 0.343. The third kappa shape index (κ3) is 3.54. The van der Waals surface area contributed by atoms with Gasteiger partial charge in [-0.2, -0.15) is 0 Å². The molecule has 0 atom stereocenters. The van der Waals surface area contributed by atoms with Gasteiger partial charge in [0.1, 0.15) is 5.84 Å². The molecule has 0 saturated heterocycles. The Morgan fingerprint density at radius 1 is 1.20 bits per heavy atom. The van der Waals surface area contributed by atoms with E-state index in [4.69, 9.17) is 0 Å². The monoisotopic (exact) mass is 203 g/mol. The molecule has 0 aromatic carbocycles. The van der Waals surface area contributed by atoms with Gasteiger partial charge >= 0.3 is 0 Å². The number of hydrogen-bond acceptors (Lipinski definition) is 1. The molecule has 0 N–H and O–H groups in total. The lowest BCUT2D eigenvalue weighted by Crippen LogP contribution is -2.12. The van der Waals surface area contributed by atoms with E-state index in [2.05, 4.69) is 10.3 Å². The van der Waals surface area contributed by atoms with Crippen molar-refractivity contribution in [1.29, 1.82) is 0 Å². The van der Waals surface area contributed by atoms with Crippen LogP contribution in [0.25, 0.3) is 0 Å². The highest BCUT2D eigenvalue weighted by molar-refractivity contribution is 5.94. The number of amidine groups is 1. The second kappa shape index (κ2) is 5.74. The van der Waals surface area contributed by atoms with Gasteiger partial charge in [-0.15, -0.1) is 0 Å². The average Bonchev–Trinajstić information content (AvgIpc) is 2.32. The maximum atomic E-state index is 4.49. The van der Waals surface area contributed by atoms with E-state index in [9.17, 15) is 0 Å². The molecule has 1 aliphatic carbocycles. The van der Waals surface area contributed by atoms with Crippen LogP contribution in [-0.4, -0.2) is 12.4 Å². The van der Waals surface area contributed by atoms with E-state index >= 15 is 0 Å². The lowest BCUT2D eigenvalue weighted by Gasteiger charge is -2.20. The second-order valence-corrected chi connectivity index (χ2v) is 4.36. The van der Waals surface area contributed by atoms with E-state index < -0.39 is 0 Å². The molecule has 1 aliphatic heterocycles. The standard InChI is InChI=1S/C13H19N2/c1-2-6-12(7-3-1)9-11-15-13-8-4-5-10-14-13/h4-5,8,10,12H,1-3,6-7,9,11H2. The fraction of sp³-hybridized carbons (Fsp3) is 0.615. The van der Waals surface area contributed by atoms with Gasteiger partial charge in [-0.3, -0.25) is 4.99 Å². The van der Waals surface area contributed by atoms with Crippen molar-refractivity contribution in [1.82, 2.24) is 5.32 Å². The summed E-state index contributed by atoms with van der Waals surface area (Å²) in [5, 5.41) is 4.19. The van der Waals surface area contributed by atoms with E-state index in [0.29, 0.717) is 0 Å². The van der Waals surface area contributed by atoms with Crippen LogP contribution in [0.5, 0.6) is 0 Å². The van der Waals surface area contributed by atoms with Gasteiger partial charge in [-0.1, -0.05) is 38.2 Å². The Bertz CT molecular complexity index is 270. The SMILES string of the molecule is C1=C[N]C(=NCCC2CCCCC2)C=C1. The Hall–Kier alpha value is -1.05. The number of rotatable bonds is 3. The number of allylic oxidation sites excluding steroid dienone is 2. The van der Waals surface area contributed by atoms with E-state index in [0.717, 1.165) is 18.3 Å². The Morgan fingerprint density at radius 2 is 2.07 bits per heavy atom. The number of aliphatic imine (C=N–C) groups is 1. The third-order valence-electron chi connectivity index (χ3n) is 3.19. The van der Waals surface area contributed by atoms with Crippen LogP contribution in [0.2, 0.25) is 0 Å². The molecule has 2 nitrogen and oxygen atoms in total. The van der Waals surface area contributed by atoms with E-state index in [1.54, 1.807) is 6.20 Å². The van der Waals surface area contributed by atoms with Crippen LogP contribution in [0.3, 0.4) is 0 Å². The van der Waals surface area contributed by atoms with Gasteiger partial charge in [0.25, 0.3) is 0 Å². The highest BCUT2D eigenvalue weighted by atomic mass is 15.0. The first-order valence-corrected chi connectivity index (χ1v) is 6.04. The molecule has 2 rings (SSSR count). The zero-order chi connectivity index (χ0) is 10.3. The molecule has 2 heteroatoms. The van der Waals surface area contributed by atoms with E-state index in [1.165, 1.54) is 38.5 Å². The van der Waals surface area contributed by atoms with Crippen LogP contribution in [0.4, 0.5) is 0 Å². The first-order valence-electron chi connectivity index (χ1n) is 6.04. The summed E-state index contributed by atoms with van der Waals surface area (Å²) in [7, 11) is 0. The number of hydrogen-bond donors (Lipinski definition) is 0. The summed E-state index contributed by atoms with van der Waals surface area (Å²) in [6, 6.07) is 0. The molecular formula is C13H19N2. The molecule has 0 spiro atoms. The highest BCUT2D eigenvalue weighted by Crippen LogP contribution is 2.26. The van der Waals surface area contributed by atoms with Gasteiger partial charge in [0, 0.05) is 12.7 Å². The van der Waals surface area contributed by atoms with Crippen molar-refractivity contribution in [3.05, 3.63) is 24.4 Å². The molecule has 81 valence electrons.